The average Bonchev–Trinajstić information content (AvgIpc) is 2.48. The summed E-state index contributed by atoms with van der Waals surface area (Å²) in [6.45, 7) is 1.23. The van der Waals surface area contributed by atoms with E-state index < -0.39 is 0 Å². The van der Waals surface area contributed by atoms with E-state index in [2.05, 4.69) is 10.3 Å². The zero-order chi connectivity index (χ0) is 8.10. The predicted molar refractivity (Wildman–Crippen MR) is 39.6 cm³/mol. The van der Waals surface area contributed by atoms with Gasteiger partial charge in [-0.1, -0.05) is 0 Å². The van der Waals surface area contributed by atoms with Gasteiger partial charge in [0.05, 0.1) is 25.5 Å². The SMILES string of the molecule is COCCn1cc(N=O)cn1. The molecule has 0 fully saturated rings. The van der Waals surface area contributed by atoms with Crippen LogP contribution in [0.25, 0.3) is 0 Å². The van der Waals surface area contributed by atoms with Gasteiger partial charge in [-0.3, -0.25) is 4.68 Å². The maximum absolute atomic E-state index is 9.96. The number of nitrogens with zero attached hydrogens (tertiary/aromatic N) is 3. The minimum Gasteiger partial charge on any atom is -0.383 e. The van der Waals surface area contributed by atoms with E-state index in [9.17, 15) is 4.91 Å². The van der Waals surface area contributed by atoms with E-state index >= 15 is 0 Å². The van der Waals surface area contributed by atoms with Crippen LogP contribution in [0.4, 0.5) is 5.69 Å². The average molecular weight is 155 g/mol. The van der Waals surface area contributed by atoms with Crippen LogP contribution in [0, 0.1) is 4.91 Å². The van der Waals surface area contributed by atoms with Crippen molar-refractivity contribution in [2.45, 2.75) is 6.54 Å². The van der Waals surface area contributed by atoms with Crippen molar-refractivity contribution in [1.82, 2.24) is 9.78 Å². The van der Waals surface area contributed by atoms with Crippen molar-refractivity contribution in [3.63, 3.8) is 0 Å². The smallest absolute Gasteiger partial charge is 0.145 e. The molecule has 0 saturated heterocycles. The Kier molecular flexibility index (Phi) is 2.74. The van der Waals surface area contributed by atoms with Gasteiger partial charge in [-0.15, -0.1) is 4.91 Å². The quantitative estimate of drug-likeness (QED) is 0.607. The number of ether oxygens (including phenoxy) is 1. The van der Waals surface area contributed by atoms with Gasteiger partial charge in [-0.25, -0.2) is 0 Å². The van der Waals surface area contributed by atoms with Crippen LogP contribution in [-0.4, -0.2) is 23.5 Å². The van der Waals surface area contributed by atoms with Gasteiger partial charge < -0.3 is 4.74 Å². The maximum Gasteiger partial charge on any atom is 0.145 e. The van der Waals surface area contributed by atoms with Crippen molar-refractivity contribution >= 4 is 5.69 Å². The van der Waals surface area contributed by atoms with E-state index in [-0.39, 0.29) is 0 Å². The van der Waals surface area contributed by atoms with Crippen LogP contribution in [0.1, 0.15) is 0 Å². The molecule has 0 spiro atoms. The Morgan fingerprint density at radius 3 is 3.18 bits per heavy atom. The van der Waals surface area contributed by atoms with Crippen molar-refractivity contribution in [2.75, 3.05) is 13.7 Å². The molecule has 0 N–H and O–H groups in total. The lowest BCUT2D eigenvalue weighted by atomic mass is 10.6. The van der Waals surface area contributed by atoms with Crippen LogP contribution in [0.15, 0.2) is 17.6 Å². The Balaban J connectivity index is 2.51. The van der Waals surface area contributed by atoms with E-state index in [1.54, 1.807) is 18.0 Å². The molecule has 5 heteroatoms. The molecule has 1 aromatic heterocycles. The fourth-order valence-electron chi connectivity index (χ4n) is 0.707. The van der Waals surface area contributed by atoms with Gasteiger partial charge in [0.25, 0.3) is 0 Å². The second kappa shape index (κ2) is 3.82. The first-order valence-corrected chi connectivity index (χ1v) is 3.21. The van der Waals surface area contributed by atoms with E-state index in [0.717, 1.165) is 0 Å². The van der Waals surface area contributed by atoms with Gasteiger partial charge in [0.2, 0.25) is 0 Å². The Morgan fingerprint density at radius 2 is 2.64 bits per heavy atom. The van der Waals surface area contributed by atoms with Gasteiger partial charge in [-0.2, -0.15) is 5.10 Å². The zero-order valence-corrected chi connectivity index (χ0v) is 6.23. The summed E-state index contributed by atoms with van der Waals surface area (Å²) in [5.41, 5.74) is 0.348. The largest absolute Gasteiger partial charge is 0.383 e. The standard InChI is InChI=1S/C6H9N3O2/c1-11-3-2-9-5-6(8-10)4-7-9/h4-5H,2-3H2,1H3. The first-order chi connectivity index (χ1) is 5.36. The van der Waals surface area contributed by atoms with Gasteiger partial charge in [0, 0.05) is 7.11 Å². The summed E-state index contributed by atoms with van der Waals surface area (Å²) in [4.78, 5) is 9.96. The molecule has 0 amide bonds. The highest BCUT2D eigenvalue weighted by Crippen LogP contribution is 2.07. The number of hydrogen-bond acceptors (Lipinski definition) is 4. The van der Waals surface area contributed by atoms with Crippen LogP contribution >= 0.6 is 0 Å². The lowest BCUT2D eigenvalue weighted by Crippen LogP contribution is -2.03. The Bertz CT molecular complexity index is 233. The monoisotopic (exact) mass is 155 g/mol. The maximum atomic E-state index is 9.96. The summed E-state index contributed by atoms with van der Waals surface area (Å²) in [5.74, 6) is 0. The molecule has 5 nitrogen and oxygen atoms in total. The van der Waals surface area contributed by atoms with Crippen molar-refractivity contribution in [3.8, 4) is 0 Å². The summed E-state index contributed by atoms with van der Waals surface area (Å²) in [6, 6.07) is 0. The predicted octanol–water partition coefficient (Wildman–Crippen LogP) is 0.927. The fraction of sp³-hybridized carbons (Fsp3) is 0.500. The highest BCUT2D eigenvalue weighted by atomic mass is 16.5. The molecule has 0 aromatic carbocycles. The van der Waals surface area contributed by atoms with Crippen molar-refractivity contribution < 1.29 is 4.74 Å². The normalized spacial score (nSPS) is 9.91. The van der Waals surface area contributed by atoms with Crippen molar-refractivity contribution in [2.24, 2.45) is 5.18 Å². The molecule has 0 saturated carbocycles. The molecule has 1 aromatic rings. The Morgan fingerprint density at radius 1 is 1.82 bits per heavy atom. The first kappa shape index (κ1) is 7.87. The van der Waals surface area contributed by atoms with Crippen molar-refractivity contribution in [1.29, 1.82) is 0 Å². The van der Waals surface area contributed by atoms with Crippen LogP contribution in [0.5, 0.6) is 0 Å². The van der Waals surface area contributed by atoms with Gasteiger partial charge in [0.15, 0.2) is 0 Å². The number of aromatic nitrogens is 2. The van der Waals surface area contributed by atoms with E-state index in [0.29, 0.717) is 18.8 Å². The fourth-order valence-corrected chi connectivity index (χ4v) is 0.707. The lowest BCUT2D eigenvalue weighted by molar-refractivity contribution is 0.183. The van der Waals surface area contributed by atoms with Gasteiger partial charge in [-0.05, 0) is 5.18 Å². The zero-order valence-electron chi connectivity index (χ0n) is 6.23. The molecule has 0 aliphatic carbocycles. The van der Waals surface area contributed by atoms with Crippen LogP contribution in [-0.2, 0) is 11.3 Å². The molecule has 0 aliphatic heterocycles. The molecule has 1 rings (SSSR count). The second-order valence-corrected chi connectivity index (χ2v) is 2.05. The molecule has 11 heavy (non-hydrogen) atoms. The summed E-state index contributed by atoms with van der Waals surface area (Å²) in [5, 5.41) is 6.59. The summed E-state index contributed by atoms with van der Waals surface area (Å²) in [7, 11) is 1.61. The van der Waals surface area contributed by atoms with Crippen LogP contribution in [0.2, 0.25) is 0 Å². The second-order valence-electron chi connectivity index (χ2n) is 2.05. The molecule has 1 heterocycles. The summed E-state index contributed by atoms with van der Waals surface area (Å²) < 4.78 is 6.43. The molecule has 0 unspecified atom stereocenters. The molecular weight excluding hydrogens is 146 g/mol. The topological polar surface area (TPSA) is 56.5 Å². The van der Waals surface area contributed by atoms with E-state index in [4.69, 9.17) is 4.74 Å². The lowest BCUT2D eigenvalue weighted by Gasteiger charge is -1.97. The molecule has 0 radical (unpaired) electrons. The van der Waals surface area contributed by atoms with Gasteiger partial charge in [0.1, 0.15) is 5.69 Å². The number of hydrogen-bond donors (Lipinski definition) is 0. The van der Waals surface area contributed by atoms with Crippen LogP contribution in [0.3, 0.4) is 0 Å². The molecule has 0 aliphatic rings. The highest BCUT2D eigenvalue weighted by molar-refractivity contribution is 5.29. The first-order valence-electron chi connectivity index (χ1n) is 3.21. The van der Waals surface area contributed by atoms with E-state index in [1.807, 2.05) is 0 Å². The summed E-state index contributed by atoms with van der Waals surface area (Å²) >= 11 is 0. The molecular formula is C6H9N3O2. The third kappa shape index (κ3) is 2.12. The minimum absolute atomic E-state index is 0.348. The Labute approximate surface area is 63.9 Å². The molecule has 0 bridgehead atoms. The van der Waals surface area contributed by atoms with Crippen molar-refractivity contribution in [3.05, 3.63) is 17.3 Å². The van der Waals surface area contributed by atoms with E-state index in [1.165, 1.54) is 6.20 Å². The van der Waals surface area contributed by atoms with Gasteiger partial charge >= 0.3 is 0 Å². The molecule has 60 valence electrons. The third-order valence-corrected chi connectivity index (χ3v) is 1.25. The minimum atomic E-state index is 0.348. The highest BCUT2D eigenvalue weighted by Gasteiger charge is 1.95. The van der Waals surface area contributed by atoms with Crippen LogP contribution < -0.4 is 0 Å². The number of nitroso groups, excluding NO2 is 1. The molecule has 0 atom stereocenters. The number of methoxy groups -OCH3 is 1. The summed E-state index contributed by atoms with van der Waals surface area (Å²) in [6.07, 6.45) is 2.99. The third-order valence-electron chi connectivity index (χ3n) is 1.25. The Hall–Kier alpha value is -1.23. The number of rotatable bonds is 4.